The molecule has 2 aromatic heterocycles. The summed E-state index contributed by atoms with van der Waals surface area (Å²) in [5.74, 6) is -1.20. The first kappa shape index (κ1) is 18.9. The molecule has 0 aromatic carbocycles. The number of aromatic nitrogens is 3. The van der Waals surface area contributed by atoms with Crippen LogP contribution in [-0.2, 0) is 4.79 Å². The molecule has 0 aliphatic rings. The highest BCUT2D eigenvalue weighted by Gasteiger charge is 2.35. The van der Waals surface area contributed by atoms with Gasteiger partial charge >= 0.3 is 5.97 Å². The maximum atomic E-state index is 12.6. The summed E-state index contributed by atoms with van der Waals surface area (Å²) >= 11 is 0. The summed E-state index contributed by atoms with van der Waals surface area (Å²) in [4.78, 5) is 28.7. The van der Waals surface area contributed by atoms with E-state index in [0.29, 0.717) is 24.1 Å². The van der Waals surface area contributed by atoms with E-state index in [9.17, 15) is 14.7 Å². The van der Waals surface area contributed by atoms with Gasteiger partial charge in [0.05, 0.1) is 22.9 Å². The molecular weight excluding hydrogens is 320 g/mol. The molecule has 2 aromatic rings. The second-order valence-electron chi connectivity index (χ2n) is 6.69. The third-order valence-electron chi connectivity index (χ3n) is 4.89. The maximum absolute atomic E-state index is 12.6. The average molecular weight is 346 g/mol. The molecule has 1 amide bonds. The molecule has 0 fully saturated rings. The minimum atomic E-state index is -0.941. The minimum absolute atomic E-state index is 0.0941. The highest BCUT2D eigenvalue weighted by atomic mass is 16.4. The fourth-order valence-electron chi connectivity index (χ4n) is 2.90. The van der Waals surface area contributed by atoms with Gasteiger partial charge in [-0.15, -0.1) is 0 Å². The number of hydrogen-bond donors (Lipinski definition) is 2. The fourth-order valence-corrected chi connectivity index (χ4v) is 2.90. The highest BCUT2D eigenvalue weighted by molar-refractivity contribution is 5.98. The first-order valence-electron chi connectivity index (χ1n) is 8.62. The van der Waals surface area contributed by atoms with E-state index in [1.165, 1.54) is 0 Å². The van der Waals surface area contributed by atoms with E-state index >= 15 is 0 Å². The lowest BCUT2D eigenvalue weighted by atomic mass is 9.82. The topological polar surface area (TPSA) is 97.1 Å². The normalized spacial score (nSPS) is 11.9. The van der Waals surface area contributed by atoms with Gasteiger partial charge in [-0.05, 0) is 39.7 Å². The van der Waals surface area contributed by atoms with E-state index in [-0.39, 0.29) is 18.5 Å². The molecule has 0 bridgehead atoms. The molecule has 25 heavy (non-hydrogen) atoms. The van der Waals surface area contributed by atoms with Gasteiger partial charge in [0.2, 0.25) is 0 Å². The van der Waals surface area contributed by atoms with Crippen molar-refractivity contribution in [3.05, 3.63) is 23.5 Å². The Balaban J connectivity index is 2.28. The van der Waals surface area contributed by atoms with Crippen molar-refractivity contribution < 1.29 is 14.7 Å². The van der Waals surface area contributed by atoms with Crippen molar-refractivity contribution in [1.29, 1.82) is 0 Å². The second-order valence-corrected chi connectivity index (χ2v) is 6.69. The number of carboxylic acid groups (broad SMARTS) is 1. The van der Waals surface area contributed by atoms with Crippen molar-refractivity contribution in [3.63, 3.8) is 0 Å². The SMILES string of the molecule is CCC(CC)(CNC(=O)c1cc2cnn(C(C)C)c2nc1C)C(=O)O. The zero-order chi connectivity index (χ0) is 18.8. The Kier molecular flexibility index (Phi) is 5.45. The van der Waals surface area contributed by atoms with Gasteiger partial charge < -0.3 is 10.4 Å². The maximum Gasteiger partial charge on any atom is 0.311 e. The number of carbonyl (C=O) groups is 2. The fraction of sp³-hybridized carbons (Fsp3) is 0.556. The quantitative estimate of drug-likeness (QED) is 0.803. The largest absolute Gasteiger partial charge is 0.481 e. The number of nitrogens with one attached hydrogen (secondary N) is 1. The molecule has 0 saturated carbocycles. The summed E-state index contributed by atoms with van der Waals surface area (Å²) in [5.41, 5.74) is 0.846. The molecule has 0 aliphatic heterocycles. The summed E-state index contributed by atoms with van der Waals surface area (Å²) in [6.07, 6.45) is 2.60. The van der Waals surface area contributed by atoms with E-state index in [1.807, 2.05) is 32.4 Å². The summed E-state index contributed by atoms with van der Waals surface area (Å²) in [7, 11) is 0. The number of aryl methyl sites for hydroxylation is 1. The third kappa shape index (κ3) is 3.50. The number of amides is 1. The molecule has 136 valence electrons. The number of hydrogen-bond acceptors (Lipinski definition) is 4. The number of carbonyl (C=O) groups excluding carboxylic acids is 1. The number of fused-ring (bicyclic) bond motifs is 1. The van der Waals surface area contributed by atoms with Crippen LogP contribution >= 0.6 is 0 Å². The van der Waals surface area contributed by atoms with Gasteiger partial charge in [0.25, 0.3) is 5.91 Å². The van der Waals surface area contributed by atoms with Crippen molar-refractivity contribution in [2.24, 2.45) is 5.41 Å². The molecule has 0 unspecified atom stereocenters. The smallest absolute Gasteiger partial charge is 0.311 e. The van der Waals surface area contributed by atoms with Crippen LogP contribution in [0.4, 0.5) is 0 Å². The lowest BCUT2D eigenvalue weighted by Crippen LogP contribution is -2.42. The van der Waals surface area contributed by atoms with Crippen molar-refractivity contribution in [1.82, 2.24) is 20.1 Å². The Morgan fingerprint density at radius 1 is 1.32 bits per heavy atom. The van der Waals surface area contributed by atoms with Crippen LogP contribution in [0.2, 0.25) is 0 Å². The van der Waals surface area contributed by atoms with Crippen LogP contribution in [0.15, 0.2) is 12.3 Å². The number of carboxylic acids is 1. The van der Waals surface area contributed by atoms with Crippen LogP contribution in [0, 0.1) is 12.3 Å². The third-order valence-corrected chi connectivity index (χ3v) is 4.89. The van der Waals surface area contributed by atoms with Crippen LogP contribution in [0.1, 0.15) is 62.6 Å². The summed E-state index contributed by atoms with van der Waals surface area (Å²) in [6, 6.07) is 1.94. The summed E-state index contributed by atoms with van der Waals surface area (Å²) < 4.78 is 1.81. The van der Waals surface area contributed by atoms with Crippen molar-refractivity contribution >= 4 is 22.9 Å². The molecule has 2 heterocycles. The predicted octanol–water partition coefficient (Wildman–Crippen LogP) is 2.94. The van der Waals surface area contributed by atoms with E-state index in [1.54, 1.807) is 19.2 Å². The zero-order valence-electron chi connectivity index (χ0n) is 15.5. The van der Waals surface area contributed by atoms with Crippen molar-refractivity contribution in [3.8, 4) is 0 Å². The van der Waals surface area contributed by atoms with Gasteiger partial charge in [-0.2, -0.15) is 5.10 Å². The van der Waals surface area contributed by atoms with Crippen LogP contribution < -0.4 is 5.32 Å². The van der Waals surface area contributed by atoms with Crippen molar-refractivity contribution in [2.45, 2.75) is 53.5 Å². The second kappa shape index (κ2) is 7.21. The number of nitrogens with zero attached hydrogens (tertiary/aromatic N) is 3. The molecule has 0 atom stereocenters. The molecule has 2 N–H and O–H groups in total. The Hall–Kier alpha value is -2.44. The summed E-state index contributed by atoms with van der Waals surface area (Å²) in [6.45, 7) is 9.55. The van der Waals surface area contributed by atoms with Gasteiger partial charge in [0, 0.05) is 18.0 Å². The van der Waals surface area contributed by atoms with Gasteiger partial charge in [-0.1, -0.05) is 13.8 Å². The van der Waals surface area contributed by atoms with Gasteiger partial charge in [-0.3, -0.25) is 9.59 Å². The molecule has 0 spiro atoms. The number of pyridine rings is 1. The lowest BCUT2D eigenvalue weighted by molar-refractivity contribution is -0.149. The monoisotopic (exact) mass is 346 g/mol. The minimum Gasteiger partial charge on any atom is -0.481 e. The number of aliphatic carboxylic acids is 1. The number of rotatable bonds is 7. The molecule has 0 saturated heterocycles. The Morgan fingerprint density at radius 3 is 2.48 bits per heavy atom. The van der Waals surface area contributed by atoms with Gasteiger partial charge in [0.15, 0.2) is 5.65 Å². The molecule has 2 rings (SSSR count). The Bertz CT molecular complexity index is 791. The molecule has 0 aliphatic carbocycles. The molecular formula is C18H26N4O3. The van der Waals surface area contributed by atoms with Crippen LogP contribution in [0.3, 0.4) is 0 Å². The zero-order valence-corrected chi connectivity index (χ0v) is 15.5. The first-order chi connectivity index (χ1) is 11.8. The average Bonchev–Trinajstić information content (AvgIpc) is 2.97. The Labute approximate surface area is 147 Å². The van der Waals surface area contributed by atoms with Crippen molar-refractivity contribution in [2.75, 3.05) is 6.54 Å². The first-order valence-corrected chi connectivity index (χ1v) is 8.62. The molecule has 7 nitrogen and oxygen atoms in total. The van der Waals surface area contributed by atoms with E-state index in [2.05, 4.69) is 15.4 Å². The highest BCUT2D eigenvalue weighted by Crippen LogP contribution is 2.26. The molecule has 0 radical (unpaired) electrons. The Morgan fingerprint density at radius 2 is 1.96 bits per heavy atom. The van der Waals surface area contributed by atoms with Crippen LogP contribution in [-0.4, -0.2) is 38.3 Å². The molecule has 7 heteroatoms. The van der Waals surface area contributed by atoms with Crippen LogP contribution in [0.25, 0.3) is 11.0 Å². The standard InChI is InChI=1S/C18H26N4O3/c1-6-18(7-2,17(24)25)10-19-16(23)14-8-13-9-20-22(11(3)4)15(13)21-12(14)5/h8-9,11H,6-7,10H2,1-5H3,(H,19,23)(H,24,25). The lowest BCUT2D eigenvalue weighted by Gasteiger charge is -2.26. The van der Waals surface area contributed by atoms with Gasteiger partial charge in [0.1, 0.15) is 0 Å². The predicted molar refractivity (Wildman–Crippen MR) is 95.6 cm³/mol. The van der Waals surface area contributed by atoms with E-state index < -0.39 is 11.4 Å². The summed E-state index contributed by atoms with van der Waals surface area (Å²) in [5, 5.41) is 17.4. The van der Waals surface area contributed by atoms with Gasteiger partial charge in [-0.25, -0.2) is 9.67 Å². The van der Waals surface area contributed by atoms with Crippen LogP contribution in [0.5, 0.6) is 0 Å². The van der Waals surface area contributed by atoms with E-state index in [4.69, 9.17) is 0 Å². The van der Waals surface area contributed by atoms with E-state index in [0.717, 1.165) is 11.0 Å².